The van der Waals surface area contributed by atoms with E-state index in [4.69, 9.17) is 4.74 Å². The molecule has 0 unspecified atom stereocenters. The van der Waals surface area contributed by atoms with Gasteiger partial charge in [0.15, 0.2) is 0 Å². The van der Waals surface area contributed by atoms with Crippen molar-refractivity contribution < 1.29 is 22.7 Å². The molecule has 0 radical (unpaired) electrons. The third kappa shape index (κ3) is 9.58. The molecule has 2 amide bonds. The molecule has 1 fully saturated rings. The van der Waals surface area contributed by atoms with Crippen molar-refractivity contribution in [2.75, 3.05) is 24.2 Å². The van der Waals surface area contributed by atoms with Crippen molar-refractivity contribution in [3.8, 4) is 5.75 Å². The minimum Gasteiger partial charge on any atom is -0.497 e. The molecule has 1 aliphatic carbocycles. The Morgan fingerprint density at radius 1 is 0.884 bits per heavy atom. The van der Waals surface area contributed by atoms with Crippen molar-refractivity contribution >= 4 is 27.5 Å². The third-order valence-corrected chi connectivity index (χ3v) is 9.13. The van der Waals surface area contributed by atoms with E-state index in [0.717, 1.165) is 43.1 Å². The van der Waals surface area contributed by atoms with Crippen LogP contribution in [0.15, 0.2) is 84.9 Å². The van der Waals surface area contributed by atoms with E-state index in [1.807, 2.05) is 60.7 Å². The zero-order chi connectivity index (χ0) is 30.7. The SMILES string of the molecule is COc1ccc(N(CCCC(=O)N(Cc2ccccc2)[C@H](Cc2ccccc2)C(=O)NC2CCCCC2)S(C)(=O)=O)cc1. The molecule has 8 nitrogen and oxygen atoms in total. The molecule has 1 aliphatic rings. The summed E-state index contributed by atoms with van der Waals surface area (Å²) in [6.07, 6.45) is 7.19. The molecule has 1 saturated carbocycles. The summed E-state index contributed by atoms with van der Waals surface area (Å²) in [5.41, 5.74) is 2.40. The largest absolute Gasteiger partial charge is 0.497 e. The van der Waals surface area contributed by atoms with Crippen molar-refractivity contribution in [2.45, 2.75) is 70.0 Å². The van der Waals surface area contributed by atoms with Gasteiger partial charge in [-0.3, -0.25) is 13.9 Å². The smallest absolute Gasteiger partial charge is 0.243 e. The number of rotatable bonds is 14. The monoisotopic (exact) mass is 605 g/mol. The molecule has 0 aromatic heterocycles. The Morgan fingerprint density at radius 3 is 2.07 bits per heavy atom. The molecule has 3 aromatic carbocycles. The first kappa shape index (κ1) is 32.1. The van der Waals surface area contributed by atoms with Gasteiger partial charge in [-0.1, -0.05) is 79.9 Å². The van der Waals surface area contributed by atoms with Gasteiger partial charge in [0, 0.05) is 32.0 Å². The van der Waals surface area contributed by atoms with Gasteiger partial charge < -0.3 is 15.0 Å². The number of hydrogen-bond donors (Lipinski definition) is 1. The first-order valence-electron chi connectivity index (χ1n) is 15.0. The van der Waals surface area contributed by atoms with Crippen LogP contribution in [0.4, 0.5) is 5.69 Å². The Kier molecular flexibility index (Phi) is 11.6. The first-order valence-corrected chi connectivity index (χ1v) is 16.9. The number of benzene rings is 3. The Bertz CT molecular complexity index is 1410. The van der Waals surface area contributed by atoms with E-state index in [1.165, 1.54) is 10.7 Å². The van der Waals surface area contributed by atoms with Gasteiger partial charge in [0.25, 0.3) is 0 Å². The number of nitrogens with one attached hydrogen (secondary N) is 1. The van der Waals surface area contributed by atoms with Gasteiger partial charge in [-0.15, -0.1) is 0 Å². The summed E-state index contributed by atoms with van der Waals surface area (Å²) in [6.45, 7) is 0.414. The number of nitrogens with zero attached hydrogens (tertiary/aromatic N) is 2. The second-order valence-electron chi connectivity index (χ2n) is 11.2. The topological polar surface area (TPSA) is 96.0 Å². The summed E-state index contributed by atoms with van der Waals surface area (Å²) in [5.74, 6) is 0.294. The van der Waals surface area contributed by atoms with Crippen LogP contribution in [0.2, 0.25) is 0 Å². The molecule has 43 heavy (non-hydrogen) atoms. The summed E-state index contributed by atoms with van der Waals surface area (Å²) in [6, 6.07) is 25.6. The average Bonchev–Trinajstić information content (AvgIpc) is 3.02. The fourth-order valence-corrected chi connectivity index (χ4v) is 6.60. The predicted octanol–water partition coefficient (Wildman–Crippen LogP) is 5.33. The van der Waals surface area contributed by atoms with Crippen molar-refractivity contribution in [1.82, 2.24) is 10.2 Å². The second-order valence-corrected chi connectivity index (χ2v) is 13.1. The quantitative estimate of drug-likeness (QED) is 0.268. The normalized spacial score (nSPS) is 14.5. The van der Waals surface area contributed by atoms with E-state index in [-0.39, 0.29) is 37.4 Å². The van der Waals surface area contributed by atoms with Crippen molar-refractivity contribution in [1.29, 1.82) is 0 Å². The number of methoxy groups -OCH3 is 1. The summed E-state index contributed by atoms with van der Waals surface area (Å²) >= 11 is 0. The Balaban J connectivity index is 1.56. The van der Waals surface area contributed by atoms with Crippen LogP contribution in [-0.2, 0) is 32.6 Å². The molecule has 0 saturated heterocycles. The van der Waals surface area contributed by atoms with Gasteiger partial charge in [-0.2, -0.15) is 0 Å². The summed E-state index contributed by atoms with van der Waals surface area (Å²) < 4.78 is 31.9. The van der Waals surface area contributed by atoms with Gasteiger partial charge in [0.1, 0.15) is 11.8 Å². The number of anilines is 1. The molecule has 4 rings (SSSR count). The fourth-order valence-electron chi connectivity index (χ4n) is 5.63. The van der Waals surface area contributed by atoms with E-state index in [9.17, 15) is 18.0 Å². The van der Waals surface area contributed by atoms with Crippen LogP contribution in [0.5, 0.6) is 5.75 Å². The highest BCUT2D eigenvalue weighted by Gasteiger charge is 2.32. The molecule has 0 heterocycles. The van der Waals surface area contributed by atoms with Gasteiger partial charge in [0.05, 0.1) is 19.1 Å². The number of hydrogen-bond acceptors (Lipinski definition) is 5. The van der Waals surface area contributed by atoms with Crippen molar-refractivity contribution in [3.05, 3.63) is 96.1 Å². The number of sulfonamides is 1. The van der Waals surface area contributed by atoms with Crippen LogP contribution < -0.4 is 14.4 Å². The number of carbonyl (C=O) groups is 2. The molecule has 0 aliphatic heterocycles. The lowest BCUT2D eigenvalue weighted by Gasteiger charge is -2.34. The van der Waals surface area contributed by atoms with E-state index >= 15 is 0 Å². The summed E-state index contributed by atoms with van der Waals surface area (Å²) in [7, 11) is -2.04. The van der Waals surface area contributed by atoms with Crippen LogP contribution in [0.1, 0.15) is 56.1 Å². The number of carbonyl (C=O) groups excluding carboxylic acids is 2. The lowest BCUT2D eigenvalue weighted by molar-refractivity contribution is -0.141. The van der Waals surface area contributed by atoms with Gasteiger partial charge >= 0.3 is 0 Å². The van der Waals surface area contributed by atoms with Gasteiger partial charge in [0.2, 0.25) is 21.8 Å². The standard InChI is InChI=1S/C34H43N3O5S/c1-42-31-22-20-30(21-23-31)37(43(2,40)41)24-12-19-33(38)36(26-28-15-8-4-9-16-28)32(25-27-13-6-3-7-14-27)34(39)35-29-17-10-5-11-18-29/h3-4,6-9,13-16,20-23,29,32H,5,10-12,17-19,24-26H2,1-2H3,(H,35,39)/t32-/m1/s1. The molecular formula is C34H43N3O5S. The molecule has 3 aromatic rings. The third-order valence-electron chi connectivity index (χ3n) is 7.93. The highest BCUT2D eigenvalue weighted by Crippen LogP contribution is 2.23. The van der Waals surface area contributed by atoms with E-state index in [1.54, 1.807) is 36.3 Å². The molecule has 0 spiro atoms. The van der Waals surface area contributed by atoms with E-state index in [2.05, 4.69) is 5.32 Å². The van der Waals surface area contributed by atoms with Crippen LogP contribution in [-0.4, -0.2) is 57.1 Å². The zero-order valence-corrected chi connectivity index (χ0v) is 26.0. The minimum absolute atomic E-state index is 0.0943. The summed E-state index contributed by atoms with van der Waals surface area (Å²) in [4.78, 5) is 29.6. The van der Waals surface area contributed by atoms with Crippen molar-refractivity contribution in [3.63, 3.8) is 0 Å². The number of ether oxygens (including phenoxy) is 1. The van der Waals surface area contributed by atoms with E-state index < -0.39 is 16.1 Å². The molecule has 230 valence electrons. The van der Waals surface area contributed by atoms with Gasteiger partial charge in [-0.05, 0) is 54.7 Å². The lowest BCUT2D eigenvalue weighted by Crippen LogP contribution is -2.52. The predicted molar refractivity (Wildman–Crippen MR) is 170 cm³/mol. The number of amides is 2. The fraction of sp³-hybridized carbons (Fsp3) is 0.412. The molecular weight excluding hydrogens is 562 g/mol. The maximum atomic E-state index is 14.0. The second kappa shape index (κ2) is 15.6. The van der Waals surface area contributed by atoms with Crippen LogP contribution in [0.3, 0.4) is 0 Å². The Morgan fingerprint density at radius 2 is 1.49 bits per heavy atom. The summed E-state index contributed by atoms with van der Waals surface area (Å²) in [5, 5.41) is 3.25. The van der Waals surface area contributed by atoms with Crippen LogP contribution >= 0.6 is 0 Å². The molecule has 1 atom stereocenters. The highest BCUT2D eigenvalue weighted by molar-refractivity contribution is 7.92. The lowest BCUT2D eigenvalue weighted by atomic mass is 9.94. The highest BCUT2D eigenvalue weighted by atomic mass is 32.2. The molecule has 1 N–H and O–H groups in total. The minimum atomic E-state index is -3.59. The maximum absolute atomic E-state index is 14.0. The molecule has 9 heteroatoms. The van der Waals surface area contributed by atoms with E-state index in [0.29, 0.717) is 24.3 Å². The van der Waals surface area contributed by atoms with Crippen molar-refractivity contribution in [2.24, 2.45) is 0 Å². The Hall–Kier alpha value is -3.85. The molecule has 0 bridgehead atoms. The van der Waals surface area contributed by atoms with Gasteiger partial charge in [-0.25, -0.2) is 8.42 Å². The Labute approximate surface area is 256 Å². The van der Waals surface area contributed by atoms with Crippen LogP contribution in [0, 0.1) is 0 Å². The first-order chi connectivity index (χ1) is 20.7. The van der Waals surface area contributed by atoms with Crippen LogP contribution in [0.25, 0.3) is 0 Å². The average molecular weight is 606 g/mol. The maximum Gasteiger partial charge on any atom is 0.243 e. The zero-order valence-electron chi connectivity index (χ0n) is 25.2.